The van der Waals surface area contributed by atoms with Crippen LogP contribution in [0.1, 0.15) is 45.7 Å². The molecule has 0 saturated heterocycles. The van der Waals surface area contributed by atoms with Crippen molar-refractivity contribution >= 4 is 42.4 Å². The average Bonchev–Trinajstić information content (AvgIpc) is 3.23. The first-order chi connectivity index (χ1) is 26.0. The third-order valence-corrected chi connectivity index (χ3v) is 12.1. The van der Waals surface area contributed by atoms with Crippen LogP contribution in [0.4, 0.5) is 0 Å². The molecule has 0 heterocycles. The molecule has 6 rings (SSSR count). The average molecular weight is 753 g/mol. The van der Waals surface area contributed by atoms with E-state index >= 15 is 0 Å². The molecule has 0 aliphatic heterocycles. The van der Waals surface area contributed by atoms with Gasteiger partial charge in [0.1, 0.15) is 0 Å². The Bertz CT molecular complexity index is 2280. The van der Waals surface area contributed by atoms with Gasteiger partial charge < -0.3 is 0 Å². The Hall–Kier alpha value is -5.96. The van der Waals surface area contributed by atoms with E-state index in [1.807, 2.05) is 72.8 Å². The van der Waals surface area contributed by atoms with Crippen LogP contribution < -0.4 is 0 Å². The van der Waals surface area contributed by atoms with Gasteiger partial charge in [-0.25, -0.2) is 16.8 Å². The molecule has 0 unspecified atom stereocenters. The molecule has 0 N–H and O–H groups in total. The maximum Gasteiger partial charge on any atom is 0.189 e. The van der Waals surface area contributed by atoms with Crippen LogP contribution in [0.5, 0.6) is 0 Å². The van der Waals surface area contributed by atoms with Crippen LogP contribution in [0.2, 0.25) is 0 Å². The smallest absolute Gasteiger partial charge is 0.189 e. The zero-order chi connectivity index (χ0) is 38.6. The number of allylic oxidation sites excluding steroid dienone is 2. The Morgan fingerprint density at radius 1 is 0.352 bits per heavy atom. The van der Waals surface area contributed by atoms with Crippen LogP contribution in [0, 0.1) is 0 Å². The second-order valence-corrected chi connectivity index (χ2v) is 16.5. The molecule has 0 radical (unpaired) electrons. The van der Waals surface area contributed by atoms with E-state index in [4.69, 9.17) is 0 Å². The van der Waals surface area contributed by atoms with Crippen LogP contribution in [-0.4, -0.2) is 39.9 Å². The second-order valence-electron chi connectivity index (χ2n) is 12.5. The van der Waals surface area contributed by atoms with E-state index in [2.05, 4.69) is 0 Å². The van der Waals surface area contributed by atoms with Gasteiger partial charge in [0.05, 0.1) is 21.3 Å². The summed E-state index contributed by atoms with van der Waals surface area (Å²) >= 11 is 0. The molecule has 54 heavy (non-hydrogen) atoms. The topological polar surface area (TPSA) is 102 Å². The minimum absolute atomic E-state index is 0.169. The fourth-order valence-corrected chi connectivity index (χ4v) is 8.79. The molecular formula is C46H40O6S2. The molecule has 6 aromatic carbocycles. The molecule has 0 aliphatic carbocycles. The number of hydrogen-bond donors (Lipinski definition) is 0. The molecule has 0 bridgehead atoms. The van der Waals surface area contributed by atoms with Crippen molar-refractivity contribution < 1.29 is 26.4 Å². The first-order valence-electron chi connectivity index (χ1n) is 17.2. The summed E-state index contributed by atoms with van der Waals surface area (Å²) in [5.41, 5.74) is 4.47. The van der Waals surface area contributed by atoms with Crippen molar-refractivity contribution in [3.63, 3.8) is 0 Å². The Kier molecular flexibility index (Phi) is 13.2. The maximum atomic E-state index is 12.9. The predicted molar refractivity (Wildman–Crippen MR) is 217 cm³/mol. The lowest BCUT2D eigenvalue weighted by Gasteiger charge is -2.13. The molecule has 0 saturated carbocycles. The van der Waals surface area contributed by atoms with Gasteiger partial charge in [0, 0.05) is 22.3 Å². The van der Waals surface area contributed by atoms with E-state index in [0.29, 0.717) is 33.4 Å². The summed E-state index contributed by atoms with van der Waals surface area (Å²) in [6, 6.07) is 52.8. The van der Waals surface area contributed by atoms with E-state index in [1.54, 1.807) is 123 Å². The highest BCUT2D eigenvalue weighted by Gasteiger charge is 2.23. The minimum Gasteiger partial charge on any atom is -0.289 e. The number of sulfone groups is 2. The molecule has 6 aromatic rings. The third-order valence-electron chi connectivity index (χ3n) is 8.78. The molecule has 8 heteroatoms. The number of carbonyl (C=O) groups is 2. The van der Waals surface area contributed by atoms with Gasteiger partial charge in [-0.15, -0.1) is 0 Å². The fraction of sp³-hybridized carbons (Fsp3) is 0.0870. The third kappa shape index (κ3) is 10.1. The molecular weight excluding hydrogens is 713 g/mol. The van der Waals surface area contributed by atoms with Crippen molar-refractivity contribution in [2.24, 2.45) is 0 Å². The molecule has 0 atom stereocenters. The van der Waals surface area contributed by atoms with E-state index in [-0.39, 0.29) is 32.9 Å². The summed E-state index contributed by atoms with van der Waals surface area (Å²) < 4.78 is 51.7. The molecule has 6 nitrogen and oxygen atoms in total. The first kappa shape index (κ1) is 39.3. The number of benzene rings is 6. The highest BCUT2D eigenvalue weighted by Crippen LogP contribution is 2.28. The number of rotatable bonds is 12. The van der Waals surface area contributed by atoms with Crippen molar-refractivity contribution in [1.82, 2.24) is 0 Å². The number of ketones is 2. The fourth-order valence-electron chi connectivity index (χ4n) is 5.78. The molecule has 0 amide bonds. The van der Waals surface area contributed by atoms with Crippen LogP contribution in [0.15, 0.2) is 203 Å². The summed E-state index contributed by atoms with van der Waals surface area (Å²) in [4.78, 5) is 26.4. The van der Waals surface area contributed by atoms with Crippen molar-refractivity contribution in [1.29, 1.82) is 0 Å². The van der Waals surface area contributed by atoms with E-state index in [0.717, 1.165) is 11.1 Å². The highest BCUT2D eigenvalue weighted by molar-refractivity contribution is 7.92. The van der Waals surface area contributed by atoms with Crippen molar-refractivity contribution in [3.8, 4) is 0 Å². The molecule has 0 aromatic heterocycles. The normalized spacial score (nSPS) is 12.3. The Balaban J connectivity index is 0.000000208. The monoisotopic (exact) mass is 752 g/mol. The lowest BCUT2D eigenvalue weighted by atomic mass is 9.96. The summed E-state index contributed by atoms with van der Waals surface area (Å²) in [6.07, 6.45) is 0. The van der Waals surface area contributed by atoms with Gasteiger partial charge in [-0.3, -0.25) is 9.59 Å². The van der Waals surface area contributed by atoms with Crippen LogP contribution in [0.3, 0.4) is 0 Å². The minimum atomic E-state index is -3.58. The molecule has 0 fully saturated rings. The zero-order valence-electron chi connectivity index (χ0n) is 30.0. The summed E-state index contributed by atoms with van der Waals surface area (Å²) in [6.45, 7) is 3.39. The number of carbonyl (C=O) groups excluding carboxylic acids is 2. The van der Waals surface area contributed by atoms with Gasteiger partial charge in [-0.2, -0.15) is 0 Å². The number of hydrogen-bond acceptors (Lipinski definition) is 6. The van der Waals surface area contributed by atoms with E-state index in [9.17, 15) is 26.4 Å². The first-order valence-corrected chi connectivity index (χ1v) is 20.5. The van der Waals surface area contributed by atoms with Gasteiger partial charge in [0.15, 0.2) is 31.2 Å². The zero-order valence-corrected chi connectivity index (χ0v) is 31.6. The number of Topliss-reactive ketones (excluding diaryl/α,β-unsaturated/α-hetero) is 2. The molecule has 0 aliphatic rings. The van der Waals surface area contributed by atoms with Crippen molar-refractivity contribution in [2.75, 3.05) is 11.5 Å². The standard InChI is InChI=1S/2C23H20O3S/c2*1-18(23(24)20-13-7-3-8-14-20)22(19-11-5-2-6-12-19)17-27(25,26)21-15-9-4-10-16-21/h2*2-16H,17H2,1H3/b2*22-18+. The van der Waals surface area contributed by atoms with Crippen molar-refractivity contribution in [3.05, 3.63) is 215 Å². The Labute approximate surface area is 318 Å². The van der Waals surface area contributed by atoms with Crippen LogP contribution in [0.25, 0.3) is 11.1 Å². The quantitative estimate of drug-likeness (QED) is 0.0912. The SMILES string of the molecule is C/C(C(=O)c1ccccc1)=C(/CS(=O)(=O)c1ccccc1)c1ccccc1.C/C(C(=O)c1ccccc1)=C(/CS(=O)(=O)c1ccccc1)c1ccccc1. The highest BCUT2D eigenvalue weighted by atomic mass is 32.2. The Morgan fingerprint density at radius 3 is 0.833 bits per heavy atom. The van der Waals surface area contributed by atoms with E-state index in [1.165, 1.54) is 0 Å². The largest absolute Gasteiger partial charge is 0.289 e. The molecule has 0 spiro atoms. The summed E-state index contributed by atoms with van der Waals surface area (Å²) in [5, 5.41) is 0. The lowest BCUT2D eigenvalue weighted by molar-refractivity contribution is 0.102. The van der Waals surface area contributed by atoms with Gasteiger partial charge in [-0.1, -0.05) is 158 Å². The Morgan fingerprint density at radius 2 is 0.574 bits per heavy atom. The molecule has 272 valence electrons. The van der Waals surface area contributed by atoms with Gasteiger partial charge >= 0.3 is 0 Å². The van der Waals surface area contributed by atoms with Gasteiger partial charge in [0.25, 0.3) is 0 Å². The predicted octanol–water partition coefficient (Wildman–Crippen LogP) is 9.63. The van der Waals surface area contributed by atoms with Crippen LogP contribution in [-0.2, 0) is 19.7 Å². The van der Waals surface area contributed by atoms with E-state index < -0.39 is 19.7 Å². The van der Waals surface area contributed by atoms with Crippen molar-refractivity contribution in [2.45, 2.75) is 23.6 Å². The lowest BCUT2D eigenvalue weighted by Crippen LogP contribution is -2.13. The maximum absolute atomic E-state index is 12.9. The summed E-state index contributed by atoms with van der Waals surface area (Å²) in [7, 11) is -7.16. The van der Waals surface area contributed by atoms with Crippen LogP contribution >= 0.6 is 0 Å². The van der Waals surface area contributed by atoms with Gasteiger partial charge in [0.2, 0.25) is 0 Å². The van der Waals surface area contributed by atoms with Gasteiger partial charge in [-0.05, 0) is 60.4 Å². The summed E-state index contributed by atoms with van der Waals surface area (Å²) in [5.74, 6) is -0.799. The second kappa shape index (κ2) is 18.2.